The largest absolute Gasteiger partial charge is 0.476 e. The SMILES string of the molecule is CC(NC(=O)C1=NN(C)C(=O)CC1)c1nc(C(=O)O)cs1. The average Bonchev–Trinajstić information content (AvgIpc) is 2.91. The molecular formula is C12H14N4O4S. The van der Waals surface area contributed by atoms with Gasteiger partial charge in [-0.2, -0.15) is 5.10 Å². The van der Waals surface area contributed by atoms with Crippen LogP contribution in [-0.2, 0) is 9.59 Å². The van der Waals surface area contributed by atoms with Crippen molar-refractivity contribution in [1.82, 2.24) is 15.3 Å². The lowest BCUT2D eigenvalue weighted by Gasteiger charge is -2.20. The van der Waals surface area contributed by atoms with E-state index in [0.29, 0.717) is 11.4 Å². The van der Waals surface area contributed by atoms with Gasteiger partial charge in [-0.1, -0.05) is 0 Å². The maximum atomic E-state index is 12.1. The minimum absolute atomic E-state index is 0.0450. The second-order valence-corrected chi connectivity index (χ2v) is 5.43. The van der Waals surface area contributed by atoms with Crippen LogP contribution in [0, 0.1) is 0 Å². The van der Waals surface area contributed by atoms with Crippen molar-refractivity contribution in [2.24, 2.45) is 5.10 Å². The van der Waals surface area contributed by atoms with Gasteiger partial charge in [-0.15, -0.1) is 11.3 Å². The van der Waals surface area contributed by atoms with Gasteiger partial charge in [0, 0.05) is 25.3 Å². The van der Waals surface area contributed by atoms with Crippen molar-refractivity contribution in [3.63, 3.8) is 0 Å². The summed E-state index contributed by atoms with van der Waals surface area (Å²) in [6.07, 6.45) is 0.539. The Bertz CT molecular complexity index is 625. The minimum atomic E-state index is -1.10. The van der Waals surface area contributed by atoms with Gasteiger partial charge in [-0.05, 0) is 6.92 Å². The smallest absolute Gasteiger partial charge is 0.355 e. The number of thiazole rings is 1. The molecule has 0 aliphatic carbocycles. The molecule has 1 aromatic rings. The highest BCUT2D eigenvalue weighted by molar-refractivity contribution is 7.09. The first-order chi connectivity index (χ1) is 9.88. The van der Waals surface area contributed by atoms with E-state index in [9.17, 15) is 14.4 Å². The van der Waals surface area contributed by atoms with Crippen LogP contribution in [0.2, 0.25) is 0 Å². The van der Waals surface area contributed by atoms with E-state index >= 15 is 0 Å². The monoisotopic (exact) mass is 310 g/mol. The van der Waals surface area contributed by atoms with E-state index in [1.54, 1.807) is 6.92 Å². The molecule has 21 heavy (non-hydrogen) atoms. The van der Waals surface area contributed by atoms with Gasteiger partial charge in [-0.25, -0.2) is 14.8 Å². The predicted octanol–water partition coefficient (Wildman–Crippen LogP) is 0.627. The van der Waals surface area contributed by atoms with Crippen molar-refractivity contribution in [1.29, 1.82) is 0 Å². The van der Waals surface area contributed by atoms with Crippen LogP contribution in [0.15, 0.2) is 10.5 Å². The Balaban J connectivity index is 2.03. The van der Waals surface area contributed by atoms with E-state index < -0.39 is 12.0 Å². The summed E-state index contributed by atoms with van der Waals surface area (Å²) >= 11 is 1.16. The summed E-state index contributed by atoms with van der Waals surface area (Å²) in [5.41, 5.74) is 0.232. The third-order valence-corrected chi connectivity index (χ3v) is 3.96. The molecule has 9 heteroatoms. The van der Waals surface area contributed by atoms with Crippen molar-refractivity contribution < 1.29 is 19.5 Å². The van der Waals surface area contributed by atoms with Gasteiger partial charge in [0.25, 0.3) is 5.91 Å². The molecular weight excluding hydrogens is 296 g/mol. The molecule has 112 valence electrons. The summed E-state index contributed by atoms with van der Waals surface area (Å²) in [5, 5.41) is 18.5. The molecule has 2 amide bonds. The molecule has 0 saturated heterocycles. The molecule has 0 radical (unpaired) electrons. The lowest BCUT2D eigenvalue weighted by molar-refractivity contribution is -0.130. The molecule has 2 rings (SSSR count). The number of hydrogen-bond donors (Lipinski definition) is 2. The Hall–Kier alpha value is -2.29. The van der Waals surface area contributed by atoms with E-state index in [1.807, 2.05) is 0 Å². The number of carboxylic acids is 1. The fourth-order valence-electron chi connectivity index (χ4n) is 1.76. The first-order valence-electron chi connectivity index (χ1n) is 6.22. The van der Waals surface area contributed by atoms with Crippen molar-refractivity contribution in [2.75, 3.05) is 7.05 Å². The first-order valence-corrected chi connectivity index (χ1v) is 7.10. The number of aromatic carboxylic acids is 1. The van der Waals surface area contributed by atoms with Gasteiger partial charge in [0.1, 0.15) is 10.7 Å². The fourth-order valence-corrected chi connectivity index (χ4v) is 2.56. The fraction of sp³-hybridized carbons (Fsp3) is 0.417. The summed E-state index contributed by atoms with van der Waals surface area (Å²) in [7, 11) is 1.50. The number of hydrogen-bond acceptors (Lipinski definition) is 6. The van der Waals surface area contributed by atoms with Crippen LogP contribution in [0.1, 0.15) is 41.3 Å². The van der Waals surface area contributed by atoms with Gasteiger partial charge in [0.2, 0.25) is 5.91 Å². The lowest BCUT2D eigenvalue weighted by Crippen LogP contribution is -2.38. The highest BCUT2D eigenvalue weighted by atomic mass is 32.1. The number of rotatable bonds is 4. The molecule has 1 aliphatic heterocycles. The number of hydrazone groups is 1. The number of carboxylic acid groups (broad SMARTS) is 1. The summed E-state index contributed by atoms with van der Waals surface area (Å²) in [6.45, 7) is 1.71. The van der Waals surface area contributed by atoms with Crippen molar-refractivity contribution in [3.8, 4) is 0 Å². The highest BCUT2D eigenvalue weighted by Gasteiger charge is 2.24. The topological polar surface area (TPSA) is 112 Å². The van der Waals surface area contributed by atoms with Crippen LogP contribution in [-0.4, -0.2) is 45.6 Å². The summed E-state index contributed by atoms with van der Waals surface area (Å²) < 4.78 is 0. The molecule has 0 spiro atoms. The molecule has 0 bridgehead atoms. The normalized spacial score (nSPS) is 16.4. The molecule has 1 atom stereocenters. The predicted molar refractivity (Wildman–Crippen MR) is 75.1 cm³/mol. The molecule has 1 unspecified atom stereocenters. The maximum absolute atomic E-state index is 12.1. The molecule has 8 nitrogen and oxygen atoms in total. The van der Waals surface area contributed by atoms with E-state index in [-0.39, 0.29) is 29.6 Å². The quantitative estimate of drug-likeness (QED) is 0.847. The summed E-state index contributed by atoms with van der Waals surface area (Å²) in [5.74, 6) is -1.62. The Kier molecular flexibility index (Phi) is 4.32. The van der Waals surface area contributed by atoms with Gasteiger partial charge >= 0.3 is 5.97 Å². The highest BCUT2D eigenvalue weighted by Crippen LogP contribution is 2.18. The van der Waals surface area contributed by atoms with E-state index in [4.69, 9.17) is 5.11 Å². The van der Waals surface area contributed by atoms with Gasteiger partial charge < -0.3 is 10.4 Å². The van der Waals surface area contributed by atoms with Crippen LogP contribution in [0.5, 0.6) is 0 Å². The molecule has 2 N–H and O–H groups in total. The van der Waals surface area contributed by atoms with E-state index in [1.165, 1.54) is 12.4 Å². The Labute approximate surface area is 124 Å². The third-order valence-electron chi connectivity index (χ3n) is 2.93. The molecule has 1 aliphatic rings. The van der Waals surface area contributed by atoms with Gasteiger partial charge in [-0.3, -0.25) is 9.59 Å². The number of nitrogens with one attached hydrogen (secondary N) is 1. The molecule has 1 aromatic heterocycles. The Morgan fingerprint density at radius 2 is 2.19 bits per heavy atom. The van der Waals surface area contributed by atoms with Crippen molar-refractivity contribution in [2.45, 2.75) is 25.8 Å². The number of aromatic nitrogens is 1. The molecule has 2 heterocycles. The van der Waals surface area contributed by atoms with Gasteiger partial charge in [0.15, 0.2) is 5.69 Å². The number of carbonyl (C=O) groups excluding carboxylic acids is 2. The second kappa shape index (κ2) is 6.00. The van der Waals surface area contributed by atoms with Crippen molar-refractivity contribution in [3.05, 3.63) is 16.1 Å². The second-order valence-electron chi connectivity index (χ2n) is 4.54. The third kappa shape index (κ3) is 3.43. The lowest BCUT2D eigenvalue weighted by atomic mass is 10.1. The average molecular weight is 310 g/mol. The first kappa shape index (κ1) is 15.1. The zero-order valence-electron chi connectivity index (χ0n) is 11.5. The van der Waals surface area contributed by atoms with E-state index in [0.717, 1.165) is 16.3 Å². The standard InChI is InChI=1S/C12H14N4O4S/c1-6(11-14-8(5-21-11)12(19)20)13-10(18)7-3-4-9(17)16(2)15-7/h5-6H,3-4H2,1-2H3,(H,13,18)(H,19,20). The summed E-state index contributed by atoms with van der Waals surface area (Å²) in [6, 6.07) is -0.429. The molecule has 0 fully saturated rings. The molecule has 0 aromatic carbocycles. The molecule has 0 saturated carbocycles. The van der Waals surface area contributed by atoms with Crippen LogP contribution < -0.4 is 5.32 Å². The number of carbonyl (C=O) groups is 3. The zero-order chi connectivity index (χ0) is 15.6. The number of amides is 2. The Morgan fingerprint density at radius 1 is 1.48 bits per heavy atom. The van der Waals surface area contributed by atoms with Crippen LogP contribution in [0.3, 0.4) is 0 Å². The summed E-state index contributed by atoms with van der Waals surface area (Å²) in [4.78, 5) is 38.1. The van der Waals surface area contributed by atoms with Crippen LogP contribution in [0.25, 0.3) is 0 Å². The zero-order valence-corrected chi connectivity index (χ0v) is 12.3. The van der Waals surface area contributed by atoms with Crippen LogP contribution in [0.4, 0.5) is 0 Å². The van der Waals surface area contributed by atoms with Crippen LogP contribution >= 0.6 is 11.3 Å². The van der Waals surface area contributed by atoms with E-state index in [2.05, 4.69) is 15.4 Å². The number of nitrogens with zero attached hydrogens (tertiary/aromatic N) is 3. The minimum Gasteiger partial charge on any atom is -0.476 e. The van der Waals surface area contributed by atoms with Gasteiger partial charge in [0.05, 0.1) is 6.04 Å². The Morgan fingerprint density at radius 3 is 2.76 bits per heavy atom. The maximum Gasteiger partial charge on any atom is 0.355 e. The van der Waals surface area contributed by atoms with Crippen molar-refractivity contribution >= 4 is 34.8 Å².